The molecule has 19 heavy (non-hydrogen) atoms. The van der Waals surface area contributed by atoms with E-state index in [1.54, 1.807) is 6.07 Å². The van der Waals surface area contributed by atoms with E-state index >= 15 is 0 Å². The summed E-state index contributed by atoms with van der Waals surface area (Å²) >= 11 is 0. The third kappa shape index (κ3) is 5.17. The fourth-order valence-corrected chi connectivity index (χ4v) is 1.17. The number of primary amides is 1. The number of methoxy groups -OCH3 is 1. The molecule has 1 aromatic carbocycles. The molecule has 0 aliphatic carbocycles. The zero-order chi connectivity index (χ0) is 14.3. The zero-order valence-corrected chi connectivity index (χ0v) is 10.2. The summed E-state index contributed by atoms with van der Waals surface area (Å²) in [5, 5.41) is 0. The molecule has 0 aliphatic rings. The first-order valence-electron chi connectivity index (χ1n) is 5.24. The molecular weight excluding hydrogens is 255 g/mol. The Balaban J connectivity index is 2.54. The average Bonchev–Trinajstić information content (AvgIpc) is 2.36. The van der Waals surface area contributed by atoms with E-state index in [9.17, 15) is 14.0 Å². The predicted octanol–water partition coefficient (Wildman–Crippen LogP) is 0.381. The summed E-state index contributed by atoms with van der Waals surface area (Å²) in [5.74, 6) is -1.72. The maximum atomic E-state index is 13.3. The van der Waals surface area contributed by atoms with Crippen LogP contribution in [0.15, 0.2) is 24.3 Å². The minimum Gasteiger partial charge on any atom is -0.494 e. The Morgan fingerprint density at radius 2 is 2.21 bits per heavy atom. The molecule has 7 heteroatoms. The van der Waals surface area contributed by atoms with Gasteiger partial charge in [0.25, 0.3) is 5.91 Å². The normalized spacial score (nSPS) is 10.4. The van der Waals surface area contributed by atoms with E-state index in [4.69, 9.17) is 10.5 Å². The first-order valence-corrected chi connectivity index (χ1v) is 5.24. The lowest BCUT2D eigenvalue weighted by Crippen LogP contribution is -2.28. The molecule has 0 spiro atoms. The van der Waals surface area contributed by atoms with E-state index < -0.39 is 24.2 Å². The summed E-state index contributed by atoms with van der Waals surface area (Å²) in [7, 11) is 1.36. The lowest BCUT2D eigenvalue weighted by molar-refractivity contribution is -0.134. The number of halogens is 1. The highest BCUT2D eigenvalue weighted by atomic mass is 19.1. The van der Waals surface area contributed by atoms with Crippen molar-refractivity contribution in [1.29, 1.82) is 0 Å². The van der Waals surface area contributed by atoms with Crippen molar-refractivity contribution in [1.82, 2.24) is 5.48 Å². The van der Waals surface area contributed by atoms with E-state index in [2.05, 4.69) is 4.84 Å². The number of ether oxygens (including phenoxy) is 1. The van der Waals surface area contributed by atoms with Gasteiger partial charge >= 0.3 is 0 Å². The molecule has 0 bridgehead atoms. The van der Waals surface area contributed by atoms with Crippen LogP contribution in [0, 0.1) is 5.82 Å². The molecule has 1 aromatic rings. The Kier molecular flexibility index (Phi) is 5.49. The molecule has 0 saturated carbocycles. The summed E-state index contributed by atoms with van der Waals surface area (Å²) < 4.78 is 18.1. The summed E-state index contributed by atoms with van der Waals surface area (Å²) in [4.78, 5) is 26.0. The molecule has 1 rings (SSSR count). The Hall–Kier alpha value is -2.41. The minimum atomic E-state index is -0.707. The van der Waals surface area contributed by atoms with E-state index in [1.165, 1.54) is 25.3 Å². The number of benzene rings is 1. The van der Waals surface area contributed by atoms with Crippen LogP contribution in [0.5, 0.6) is 5.75 Å². The molecule has 0 atom stereocenters. The molecular formula is C12H13FN2O4. The molecule has 0 radical (unpaired) electrons. The number of rotatable bonds is 6. The molecule has 0 heterocycles. The minimum absolute atomic E-state index is 0.117. The molecule has 3 N–H and O–H groups in total. The van der Waals surface area contributed by atoms with Crippen LogP contribution in [0.4, 0.5) is 4.39 Å². The highest BCUT2D eigenvalue weighted by molar-refractivity contribution is 5.91. The predicted molar refractivity (Wildman–Crippen MR) is 65.3 cm³/mol. The van der Waals surface area contributed by atoms with E-state index in [-0.39, 0.29) is 5.75 Å². The van der Waals surface area contributed by atoms with Crippen molar-refractivity contribution in [2.24, 2.45) is 5.73 Å². The standard InChI is InChI=1S/C12H13FN2O4/c1-18-10-4-2-8(6-9(10)13)3-5-12(17)15-19-7-11(14)16/h2-6H,7H2,1H3,(H2,14,16)(H,15,17)/b5-3+. The van der Waals surface area contributed by atoms with Crippen molar-refractivity contribution in [2.45, 2.75) is 0 Å². The van der Waals surface area contributed by atoms with Crippen LogP contribution in [-0.2, 0) is 14.4 Å². The highest BCUT2D eigenvalue weighted by Gasteiger charge is 2.02. The highest BCUT2D eigenvalue weighted by Crippen LogP contribution is 2.18. The first-order chi connectivity index (χ1) is 9.02. The molecule has 0 unspecified atom stereocenters. The number of nitrogens with one attached hydrogen (secondary N) is 1. The van der Waals surface area contributed by atoms with Crippen molar-refractivity contribution in [3.8, 4) is 5.75 Å². The monoisotopic (exact) mass is 268 g/mol. The largest absolute Gasteiger partial charge is 0.494 e. The zero-order valence-electron chi connectivity index (χ0n) is 10.2. The summed E-state index contributed by atoms with van der Waals surface area (Å²) in [5.41, 5.74) is 7.25. The van der Waals surface area contributed by atoms with Crippen LogP contribution < -0.4 is 16.0 Å². The van der Waals surface area contributed by atoms with Crippen molar-refractivity contribution in [2.75, 3.05) is 13.7 Å². The number of hydroxylamine groups is 1. The summed E-state index contributed by atoms with van der Waals surface area (Å²) in [6.07, 6.45) is 2.51. The fourth-order valence-electron chi connectivity index (χ4n) is 1.17. The van der Waals surface area contributed by atoms with Crippen molar-refractivity contribution in [3.63, 3.8) is 0 Å². The molecule has 0 aromatic heterocycles. The van der Waals surface area contributed by atoms with Crippen molar-refractivity contribution >= 4 is 17.9 Å². The van der Waals surface area contributed by atoms with Gasteiger partial charge in [-0.3, -0.25) is 14.4 Å². The van der Waals surface area contributed by atoms with Crippen LogP contribution in [0.25, 0.3) is 6.08 Å². The van der Waals surface area contributed by atoms with Gasteiger partial charge in [0.15, 0.2) is 18.2 Å². The second-order valence-electron chi connectivity index (χ2n) is 3.45. The topological polar surface area (TPSA) is 90.7 Å². The SMILES string of the molecule is COc1ccc(/C=C/C(=O)NOCC(N)=O)cc1F. The number of carbonyl (C=O) groups is 2. The number of hydrogen-bond acceptors (Lipinski definition) is 4. The van der Waals surface area contributed by atoms with Gasteiger partial charge in [-0.1, -0.05) is 6.07 Å². The van der Waals surface area contributed by atoms with Crippen molar-refractivity contribution < 1.29 is 23.6 Å². The second kappa shape index (κ2) is 7.12. The fraction of sp³-hybridized carbons (Fsp3) is 0.167. The molecule has 2 amide bonds. The lowest BCUT2D eigenvalue weighted by atomic mass is 10.2. The van der Waals surface area contributed by atoms with Crippen LogP contribution >= 0.6 is 0 Å². The van der Waals surface area contributed by atoms with Crippen LogP contribution in [0.1, 0.15) is 5.56 Å². The third-order valence-electron chi connectivity index (χ3n) is 1.99. The van der Waals surface area contributed by atoms with Gasteiger partial charge in [0.2, 0.25) is 5.91 Å². The smallest absolute Gasteiger partial charge is 0.267 e. The molecule has 102 valence electrons. The molecule has 0 aliphatic heterocycles. The van der Waals surface area contributed by atoms with Gasteiger partial charge in [-0.2, -0.15) is 0 Å². The van der Waals surface area contributed by atoms with Gasteiger partial charge in [0.1, 0.15) is 0 Å². The number of amides is 2. The van der Waals surface area contributed by atoms with Gasteiger partial charge in [0, 0.05) is 6.08 Å². The van der Waals surface area contributed by atoms with Gasteiger partial charge in [0.05, 0.1) is 7.11 Å². The Bertz CT molecular complexity index is 503. The first kappa shape index (κ1) is 14.7. The number of carbonyl (C=O) groups excluding carboxylic acids is 2. The Morgan fingerprint density at radius 1 is 1.47 bits per heavy atom. The van der Waals surface area contributed by atoms with E-state index in [1.807, 2.05) is 5.48 Å². The van der Waals surface area contributed by atoms with Gasteiger partial charge in [-0.15, -0.1) is 0 Å². The van der Waals surface area contributed by atoms with E-state index in [0.717, 1.165) is 6.08 Å². The van der Waals surface area contributed by atoms with E-state index in [0.29, 0.717) is 5.56 Å². The molecule has 0 fully saturated rings. The molecule has 6 nitrogen and oxygen atoms in total. The number of hydrogen-bond donors (Lipinski definition) is 2. The lowest BCUT2D eigenvalue weighted by Gasteiger charge is -2.02. The third-order valence-corrected chi connectivity index (χ3v) is 1.99. The second-order valence-corrected chi connectivity index (χ2v) is 3.45. The van der Waals surface area contributed by atoms with Crippen molar-refractivity contribution in [3.05, 3.63) is 35.7 Å². The van der Waals surface area contributed by atoms with Crippen LogP contribution in [-0.4, -0.2) is 25.5 Å². The van der Waals surface area contributed by atoms with Crippen LogP contribution in [0.3, 0.4) is 0 Å². The summed E-state index contributed by atoms with van der Waals surface area (Å²) in [6, 6.07) is 4.24. The maximum absolute atomic E-state index is 13.3. The quantitative estimate of drug-likeness (QED) is 0.576. The maximum Gasteiger partial charge on any atom is 0.267 e. The molecule has 0 saturated heterocycles. The Morgan fingerprint density at radius 3 is 2.79 bits per heavy atom. The average molecular weight is 268 g/mol. The van der Waals surface area contributed by atoms with Gasteiger partial charge in [-0.25, -0.2) is 9.87 Å². The summed E-state index contributed by atoms with van der Waals surface area (Å²) in [6.45, 7) is -0.420. The van der Waals surface area contributed by atoms with Crippen LogP contribution in [0.2, 0.25) is 0 Å². The Labute approximate surface area is 108 Å². The number of nitrogens with two attached hydrogens (primary N) is 1. The van der Waals surface area contributed by atoms with Gasteiger partial charge < -0.3 is 10.5 Å². The van der Waals surface area contributed by atoms with Gasteiger partial charge in [-0.05, 0) is 23.8 Å².